The number of morpholine rings is 1. The van der Waals surface area contributed by atoms with E-state index in [9.17, 15) is 5.11 Å². The first-order chi connectivity index (χ1) is 9.08. The van der Waals surface area contributed by atoms with E-state index in [1.165, 1.54) is 5.56 Å². The Hall–Kier alpha value is -0.900. The van der Waals surface area contributed by atoms with Crippen LogP contribution >= 0.6 is 0 Å². The molecule has 3 rings (SSSR count). The lowest BCUT2D eigenvalue weighted by Gasteiger charge is -2.46. The third kappa shape index (κ3) is 2.42. The monoisotopic (exact) mass is 261 g/mol. The molecule has 2 N–H and O–H groups in total. The van der Waals surface area contributed by atoms with Crippen molar-refractivity contribution in [3.05, 3.63) is 35.4 Å². The minimum absolute atomic E-state index is 0.276. The van der Waals surface area contributed by atoms with Gasteiger partial charge in [0, 0.05) is 12.1 Å². The second-order valence-electron chi connectivity index (χ2n) is 6.28. The van der Waals surface area contributed by atoms with E-state index in [-0.39, 0.29) is 12.1 Å². The second-order valence-corrected chi connectivity index (χ2v) is 6.28. The number of aliphatic hydroxyl groups is 1. The van der Waals surface area contributed by atoms with Crippen molar-refractivity contribution in [2.75, 3.05) is 13.2 Å². The summed E-state index contributed by atoms with van der Waals surface area (Å²) in [6, 6.07) is 8.89. The minimum Gasteiger partial charge on any atom is -0.385 e. The molecular formula is C16H23NO2. The number of nitrogens with one attached hydrogen (secondary N) is 1. The molecule has 0 aliphatic carbocycles. The molecule has 2 bridgehead atoms. The first-order valence-electron chi connectivity index (χ1n) is 7.24. The predicted molar refractivity (Wildman–Crippen MR) is 75.2 cm³/mol. The summed E-state index contributed by atoms with van der Waals surface area (Å²) < 4.78 is 5.57. The Kier molecular flexibility index (Phi) is 3.37. The molecule has 104 valence electrons. The first-order valence-corrected chi connectivity index (χ1v) is 7.24. The highest BCUT2D eigenvalue weighted by Crippen LogP contribution is 2.39. The Bertz CT molecular complexity index is 446. The van der Waals surface area contributed by atoms with Crippen molar-refractivity contribution < 1.29 is 9.84 Å². The van der Waals surface area contributed by atoms with Gasteiger partial charge in [0.2, 0.25) is 0 Å². The van der Waals surface area contributed by atoms with Crippen molar-refractivity contribution in [1.82, 2.24) is 5.32 Å². The van der Waals surface area contributed by atoms with Crippen LogP contribution in [0.15, 0.2) is 24.3 Å². The average Bonchev–Trinajstić information content (AvgIpc) is 2.38. The van der Waals surface area contributed by atoms with Crippen molar-refractivity contribution in [3.8, 4) is 0 Å². The molecule has 1 aromatic rings. The molecule has 2 unspecified atom stereocenters. The maximum Gasteiger partial charge on any atom is 0.0930 e. The van der Waals surface area contributed by atoms with Crippen LogP contribution in [0.5, 0.6) is 0 Å². The van der Waals surface area contributed by atoms with Crippen LogP contribution in [0, 0.1) is 0 Å². The Balaban J connectivity index is 1.96. The molecule has 2 aliphatic heterocycles. The van der Waals surface area contributed by atoms with E-state index < -0.39 is 5.60 Å². The Labute approximate surface area is 115 Å². The van der Waals surface area contributed by atoms with Gasteiger partial charge in [0.15, 0.2) is 0 Å². The van der Waals surface area contributed by atoms with Crippen LogP contribution in [0.1, 0.15) is 43.7 Å². The maximum atomic E-state index is 11.2. The molecule has 2 aliphatic rings. The first kappa shape index (κ1) is 13.1. The zero-order chi connectivity index (χ0) is 13.5. The molecule has 0 spiro atoms. The highest BCUT2D eigenvalue weighted by atomic mass is 16.5. The molecule has 2 saturated heterocycles. The lowest BCUT2D eigenvalue weighted by Crippen LogP contribution is -2.58. The molecule has 1 aromatic carbocycles. The number of piperidine rings is 1. The van der Waals surface area contributed by atoms with Crippen molar-refractivity contribution in [3.63, 3.8) is 0 Å². The molecule has 19 heavy (non-hydrogen) atoms. The lowest BCUT2D eigenvalue weighted by molar-refractivity contribution is -0.0807. The molecule has 0 aromatic heterocycles. The number of hydrogen-bond acceptors (Lipinski definition) is 3. The van der Waals surface area contributed by atoms with E-state index in [0.717, 1.165) is 18.4 Å². The fraction of sp³-hybridized carbons (Fsp3) is 0.625. The molecule has 2 heterocycles. The summed E-state index contributed by atoms with van der Waals surface area (Å²) in [6.07, 6.45) is 1.49. The van der Waals surface area contributed by atoms with Crippen LogP contribution in [-0.4, -0.2) is 30.4 Å². The predicted octanol–water partition coefficient (Wildman–Crippen LogP) is 2.15. The summed E-state index contributed by atoms with van der Waals surface area (Å²) in [5.41, 5.74) is 1.68. The van der Waals surface area contributed by atoms with Crippen molar-refractivity contribution in [2.24, 2.45) is 0 Å². The highest BCUT2D eigenvalue weighted by molar-refractivity contribution is 5.35. The van der Waals surface area contributed by atoms with E-state index in [1.807, 2.05) is 6.07 Å². The summed E-state index contributed by atoms with van der Waals surface area (Å²) in [4.78, 5) is 0. The van der Waals surface area contributed by atoms with Gasteiger partial charge in [-0.2, -0.15) is 0 Å². The van der Waals surface area contributed by atoms with Crippen LogP contribution in [0.2, 0.25) is 0 Å². The molecule has 3 heteroatoms. The van der Waals surface area contributed by atoms with E-state index in [0.29, 0.717) is 19.1 Å². The zero-order valence-corrected chi connectivity index (χ0v) is 11.7. The third-order valence-electron chi connectivity index (χ3n) is 4.36. The molecule has 0 amide bonds. The van der Waals surface area contributed by atoms with Crippen molar-refractivity contribution >= 4 is 0 Å². The fourth-order valence-electron chi connectivity index (χ4n) is 3.56. The van der Waals surface area contributed by atoms with Gasteiger partial charge in [-0.15, -0.1) is 0 Å². The molecule has 3 nitrogen and oxygen atoms in total. The number of ether oxygens (including phenoxy) is 1. The van der Waals surface area contributed by atoms with Gasteiger partial charge < -0.3 is 15.2 Å². The Morgan fingerprint density at radius 1 is 1.21 bits per heavy atom. The largest absolute Gasteiger partial charge is 0.385 e. The molecular weight excluding hydrogens is 238 g/mol. The molecule has 0 radical (unpaired) electrons. The Morgan fingerprint density at radius 3 is 2.47 bits per heavy atom. The van der Waals surface area contributed by atoms with Crippen LogP contribution in [-0.2, 0) is 10.3 Å². The van der Waals surface area contributed by atoms with Gasteiger partial charge in [-0.05, 0) is 29.9 Å². The van der Waals surface area contributed by atoms with Gasteiger partial charge in [0.1, 0.15) is 0 Å². The SMILES string of the molecule is CC(C)c1ccccc1C1(O)CC2COCC(C1)N2. The summed E-state index contributed by atoms with van der Waals surface area (Å²) in [6.45, 7) is 5.80. The summed E-state index contributed by atoms with van der Waals surface area (Å²) in [5, 5.41) is 14.7. The zero-order valence-electron chi connectivity index (χ0n) is 11.7. The molecule has 0 saturated carbocycles. The second kappa shape index (κ2) is 4.89. The van der Waals surface area contributed by atoms with Gasteiger partial charge in [0.25, 0.3) is 0 Å². The van der Waals surface area contributed by atoms with Crippen molar-refractivity contribution in [2.45, 2.75) is 50.3 Å². The topological polar surface area (TPSA) is 41.5 Å². The Morgan fingerprint density at radius 2 is 1.84 bits per heavy atom. The van der Waals surface area contributed by atoms with Crippen LogP contribution < -0.4 is 5.32 Å². The lowest BCUT2D eigenvalue weighted by atomic mass is 9.75. The van der Waals surface area contributed by atoms with Crippen molar-refractivity contribution in [1.29, 1.82) is 0 Å². The van der Waals surface area contributed by atoms with Gasteiger partial charge in [-0.3, -0.25) is 0 Å². The third-order valence-corrected chi connectivity index (χ3v) is 4.36. The highest BCUT2D eigenvalue weighted by Gasteiger charge is 2.43. The van der Waals surface area contributed by atoms with Crippen LogP contribution in [0.25, 0.3) is 0 Å². The van der Waals surface area contributed by atoms with E-state index in [2.05, 4.69) is 37.4 Å². The van der Waals surface area contributed by atoms with Gasteiger partial charge in [0.05, 0.1) is 18.8 Å². The van der Waals surface area contributed by atoms with Crippen LogP contribution in [0.3, 0.4) is 0 Å². The van der Waals surface area contributed by atoms with E-state index >= 15 is 0 Å². The average molecular weight is 261 g/mol. The summed E-state index contributed by atoms with van der Waals surface area (Å²) in [7, 11) is 0. The molecule has 2 atom stereocenters. The van der Waals surface area contributed by atoms with E-state index in [4.69, 9.17) is 4.74 Å². The van der Waals surface area contributed by atoms with Gasteiger partial charge in [-0.25, -0.2) is 0 Å². The maximum absolute atomic E-state index is 11.2. The van der Waals surface area contributed by atoms with Gasteiger partial charge in [-0.1, -0.05) is 38.1 Å². The number of hydrogen-bond donors (Lipinski definition) is 2. The van der Waals surface area contributed by atoms with Gasteiger partial charge >= 0.3 is 0 Å². The number of rotatable bonds is 2. The smallest absolute Gasteiger partial charge is 0.0930 e. The summed E-state index contributed by atoms with van der Waals surface area (Å²) >= 11 is 0. The van der Waals surface area contributed by atoms with Crippen LogP contribution in [0.4, 0.5) is 0 Å². The number of fused-ring (bicyclic) bond motifs is 2. The standard InChI is InChI=1S/C16H23NO2/c1-11(2)14-5-3-4-6-15(14)16(18)7-12-9-19-10-13(8-16)17-12/h3-6,11-13,17-18H,7-10H2,1-2H3. The quantitative estimate of drug-likeness (QED) is 0.857. The minimum atomic E-state index is -0.703. The normalized spacial score (nSPS) is 34.5. The van der Waals surface area contributed by atoms with E-state index in [1.54, 1.807) is 0 Å². The molecule has 2 fully saturated rings. The number of benzene rings is 1. The fourth-order valence-corrected chi connectivity index (χ4v) is 3.56. The summed E-state index contributed by atoms with van der Waals surface area (Å²) in [5.74, 6) is 0.436.